The van der Waals surface area contributed by atoms with Crippen LogP contribution in [0.25, 0.3) is 0 Å². The molecule has 0 aromatic carbocycles. The number of amides is 1. The van der Waals surface area contributed by atoms with Gasteiger partial charge in [-0.3, -0.25) is 19.7 Å². The minimum Gasteiger partial charge on any atom is -0.299 e. The van der Waals surface area contributed by atoms with Gasteiger partial charge in [-0.1, -0.05) is 30.0 Å². The second-order valence-corrected chi connectivity index (χ2v) is 7.55. The van der Waals surface area contributed by atoms with Gasteiger partial charge in [0.1, 0.15) is 0 Å². The highest BCUT2D eigenvalue weighted by Gasteiger charge is 2.20. The zero-order valence-electron chi connectivity index (χ0n) is 12.6. The summed E-state index contributed by atoms with van der Waals surface area (Å²) in [4.78, 5) is 14.2. The van der Waals surface area contributed by atoms with Crippen LogP contribution >= 0.6 is 23.1 Å². The van der Waals surface area contributed by atoms with Gasteiger partial charge >= 0.3 is 0 Å². The van der Waals surface area contributed by atoms with Crippen molar-refractivity contribution in [1.82, 2.24) is 24.9 Å². The monoisotopic (exact) mass is 338 g/mol. The third-order valence-electron chi connectivity index (χ3n) is 3.29. The minimum absolute atomic E-state index is 0.0473. The summed E-state index contributed by atoms with van der Waals surface area (Å²) in [5, 5.41) is 15.8. The van der Waals surface area contributed by atoms with Crippen LogP contribution in [0.4, 0.5) is 5.13 Å². The van der Waals surface area contributed by atoms with Crippen LogP contribution in [0.3, 0.4) is 0 Å². The predicted molar refractivity (Wildman–Crippen MR) is 87.2 cm³/mol. The van der Waals surface area contributed by atoms with Crippen molar-refractivity contribution in [2.45, 2.75) is 31.3 Å². The molecule has 118 valence electrons. The maximum absolute atomic E-state index is 12.1. The Kier molecular flexibility index (Phi) is 4.74. The van der Waals surface area contributed by atoms with Crippen molar-refractivity contribution in [3.63, 3.8) is 0 Å². The highest BCUT2D eigenvalue weighted by molar-refractivity contribution is 8.01. The molecular formula is C13H18N6OS2. The zero-order valence-corrected chi connectivity index (χ0v) is 14.2. The van der Waals surface area contributed by atoms with Crippen LogP contribution in [-0.2, 0) is 17.9 Å². The van der Waals surface area contributed by atoms with Gasteiger partial charge in [-0.25, -0.2) is 0 Å². The Labute approximate surface area is 137 Å². The number of carbonyl (C=O) groups excluding carboxylic acids is 1. The summed E-state index contributed by atoms with van der Waals surface area (Å²) in [7, 11) is 0. The fourth-order valence-corrected chi connectivity index (χ4v) is 4.07. The number of thioether (sulfide) groups is 1. The summed E-state index contributed by atoms with van der Waals surface area (Å²) < 4.78 is 2.90. The van der Waals surface area contributed by atoms with E-state index in [0.29, 0.717) is 11.7 Å². The average molecular weight is 338 g/mol. The van der Waals surface area contributed by atoms with Crippen molar-refractivity contribution < 1.29 is 4.79 Å². The van der Waals surface area contributed by atoms with Crippen molar-refractivity contribution in [2.75, 3.05) is 24.2 Å². The van der Waals surface area contributed by atoms with Crippen LogP contribution < -0.4 is 5.32 Å². The van der Waals surface area contributed by atoms with Crippen LogP contribution in [-0.4, -0.2) is 49.6 Å². The van der Waals surface area contributed by atoms with Crippen LogP contribution in [0.1, 0.15) is 18.3 Å². The molecule has 3 heterocycles. The van der Waals surface area contributed by atoms with E-state index in [-0.39, 0.29) is 5.91 Å². The maximum atomic E-state index is 12.1. The second-order valence-electron chi connectivity index (χ2n) is 5.07. The summed E-state index contributed by atoms with van der Waals surface area (Å²) >= 11 is 3.04. The van der Waals surface area contributed by atoms with E-state index in [1.54, 1.807) is 11.8 Å². The lowest BCUT2D eigenvalue weighted by Crippen LogP contribution is -2.39. The fourth-order valence-electron chi connectivity index (χ4n) is 2.40. The zero-order chi connectivity index (χ0) is 15.5. The van der Waals surface area contributed by atoms with E-state index in [9.17, 15) is 4.79 Å². The molecule has 0 aliphatic carbocycles. The lowest BCUT2D eigenvalue weighted by atomic mass is 10.3. The molecule has 7 nitrogen and oxygen atoms in total. The quantitative estimate of drug-likeness (QED) is 0.659. The minimum atomic E-state index is -0.0473. The van der Waals surface area contributed by atoms with Gasteiger partial charge in [0, 0.05) is 13.1 Å². The van der Waals surface area contributed by atoms with E-state index in [1.807, 2.05) is 11.6 Å². The molecule has 2 aromatic rings. The largest absolute Gasteiger partial charge is 0.299 e. The number of nitrogens with one attached hydrogen (secondary N) is 1. The summed E-state index contributed by atoms with van der Waals surface area (Å²) in [5.74, 6) is 0.901. The van der Waals surface area contributed by atoms with Gasteiger partial charge in [0.2, 0.25) is 11.0 Å². The van der Waals surface area contributed by atoms with Crippen LogP contribution in [0.5, 0.6) is 0 Å². The summed E-state index contributed by atoms with van der Waals surface area (Å²) in [5.41, 5.74) is 2.19. The second kappa shape index (κ2) is 6.76. The Morgan fingerprint density at radius 2 is 2.32 bits per heavy atom. The van der Waals surface area contributed by atoms with Gasteiger partial charge in [0.15, 0.2) is 4.34 Å². The Morgan fingerprint density at radius 3 is 3.14 bits per heavy atom. The van der Waals surface area contributed by atoms with Gasteiger partial charge < -0.3 is 0 Å². The van der Waals surface area contributed by atoms with Crippen LogP contribution in [0.2, 0.25) is 0 Å². The van der Waals surface area contributed by atoms with E-state index in [2.05, 4.69) is 38.5 Å². The fraction of sp³-hybridized carbons (Fsp3) is 0.538. The highest BCUT2D eigenvalue weighted by atomic mass is 32.2. The van der Waals surface area contributed by atoms with Gasteiger partial charge in [-0.05, 0) is 18.7 Å². The molecule has 1 aliphatic heterocycles. The Morgan fingerprint density at radius 1 is 1.45 bits per heavy atom. The molecule has 0 bridgehead atoms. The molecule has 9 heteroatoms. The van der Waals surface area contributed by atoms with E-state index < -0.39 is 0 Å². The number of fused-ring (bicyclic) bond motifs is 1. The standard InChI is InChI=1S/C13H18N6OS2/c1-3-21-13-16-15-12(22-13)14-11(20)8-18-4-5-19-10(7-18)6-9(2)17-19/h6H,3-5,7-8H2,1-2H3,(H,14,15,20). The van der Waals surface area contributed by atoms with Crippen molar-refractivity contribution in [1.29, 1.82) is 0 Å². The Hall–Kier alpha value is -1.45. The first-order valence-corrected chi connectivity index (χ1v) is 8.96. The number of hydrogen-bond acceptors (Lipinski definition) is 7. The molecule has 0 atom stereocenters. The third-order valence-corrected chi connectivity index (χ3v) is 5.14. The number of carbonyl (C=O) groups is 1. The van der Waals surface area contributed by atoms with Crippen molar-refractivity contribution in [2.24, 2.45) is 0 Å². The molecule has 0 fully saturated rings. The summed E-state index contributed by atoms with van der Waals surface area (Å²) in [6.07, 6.45) is 0. The number of aryl methyl sites for hydroxylation is 1. The number of anilines is 1. The Bertz CT molecular complexity index is 667. The topological polar surface area (TPSA) is 75.9 Å². The molecule has 1 amide bonds. The van der Waals surface area contributed by atoms with Crippen LogP contribution in [0.15, 0.2) is 10.4 Å². The molecule has 0 spiro atoms. The number of nitrogens with zero attached hydrogens (tertiary/aromatic N) is 5. The van der Waals surface area contributed by atoms with Crippen molar-refractivity contribution in [3.8, 4) is 0 Å². The molecule has 3 rings (SSSR count). The molecule has 0 saturated carbocycles. The number of aromatic nitrogens is 4. The van der Waals surface area contributed by atoms with Gasteiger partial charge in [-0.15, -0.1) is 10.2 Å². The molecule has 22 heavy (non-hydrogen) atoms. The molecule has 0 unspecified atom stereocenters. The molecule has 2 aromatic heterocycles. The van der Waals surface area contributed by atoms with Crippen molar-refractivity contribution in [3.05, 3.63) is 17.5 Å². The predicted octanol–water partition coefficient (Wildman–Crippen LogP) is 1.61. The van der Waals surface area contributed by atoms with E-state index in [4.69, 9.17) is 0 Å². The smallest absolute Gasteiger partial charge is 0.240 e. The first-order valence-electron chi connectivity index (χ1n) is 7.16. The number of rotatable bonds is 5. The Balaban J connectivity index is 1.53. The summed E-state index contributed by atoms with van der Waals surface area (Å²) in [6.45, 7) is 6.82. The van der Waals surface area contributed by atoms with Gasteiger partial charge in [0.25, 0.3) is 0 Å². The molecule has 0 radical (unpaired) electrons. The third kappa shape index (κ3) is 3.65. The summed E-state index contributed by atoms with van der Waals surface area (Å²) in [6, 6.07) is 2.07. The molecule has 1 N–H and O–H groups in total. The SMILES string of the molecule is CCSc1nnc(NC(=O)CN2CCn3nc(C)cc3C2)s1. The first-order chi connectivity index (χ1) is 10.6. The van der Waals surface area contributed by atoms with Gasteiger partial charge in [-0.2, -0.15) is 5.10 Å². The van der Waals surface area contributed by atoms with Gasteiger partial charge in [0.05, 0.1) is 24.5 Å². The number of hydrogen-bond donors (Lipinski definition) is 1. The van der Waals surface area contributed by atoms with E-state index in [1.165, 1.54) is 11.3 Å². The van der Waals surface area contributed by atoms with E-state index >= 15 is 0 Å². The molecular weight excluding hydrogens is 320 g/mol. The molecule has 1 aliphatic rings. The van der Waals surface area contributed by atoms with E-state index in [0.717, 1.165) is 41.1 Å². The highest BCUT2D eigenvalue weighted by Crippen LogP contribution is 2.25. The lowest BCUT2D eigenvalue weighted by Gasteiger charge is -2.26. The normalized spacial score (nSPS) is 14.8. The maximum Gasteiger partial charge on any atom is 0.240 e. The van der Waals surface area contributed by atoms with Crippen molar-refractivity contribution >= 4 is 34.1 Å². The average Bonchev–Trinajstić information content (AvgIpc) is 3.04. The first kappa shape index (κ1) is 15.4. The van der Waals surface area contributed by atoms with Crippen LogP contribution in [0, 0.1) is 6.92 Å². The lowest BCUT2D eigenvalue weighted by molar-refractivity contribution is -0.117. The molecule has 0 saturated heterocycles.